The van der Waals surface area contributed by atoms with E-state index >= 15 is 0 Å². The number of hydrogen-bond donors (Lipinski definition) is 3. The van der Waals surface area contributed by atoms with Crippen molar-refractivity contribution >= 4 is 22.8 Å². The third kappa shape index (κ3) is 8.03. The molecule has 3 heterocycles. The lowest BCUT2D eigenvalue weighted by atomic mass is 10.1. The van der Waals surface area contributed by atoms with Crippen molar-refractivity contribution in [2.45, 2.75) is 26.9 Å². The van der Waals surface area contributed by atoms with E-state index in [0.29, 0.717) is 6.54 Å². The van der Waals surface area contributed by atoms with Gasteiger partial charge in [0.05, 0.1) is 12.3 Å². The number of urea groups is 1. The molecule has 3 N–H and O–H groups in total. The topological polar surface area (TPSA) is 102 Å². The lowest BCUT2D eigenvalue weighted by molar-refractivity contribution is 0.197. The number of fused-ring (bicyclic) bond motifs is 1. The third-order valence-corrected chi connectivity index (χ3v) is 6.73. The fourth-order valence-corrected chi connectivity index (χ4v) is 4.30. The molecule has 5 aromatic rings. The lowest BCUT2D eigenvalue weighted by Crippen LogP contribution is -2.27. The van der Waals surface area contributed by atoms with Gasteiger partial charge in [0.1, 0.15) is 5.65 Å². The summed E-state index contributed by atoms with van der Waals surface area (Å²) in [6.45, 7) is 7.75. The zero-order valence-electron chi connectivity index (χ0n) is 24.2. The van der Waals surface area contributed by atoms with E-state index in [1.54, 1.807) is 20.3 Å². The standard InChI is InChI=1S/C18H21N3O.C14H18N4O/c1-2-21(10-11-22)13-14-5-7-15(8-6-14)17-12-16-4-3-9-19-18(16)20-17;1-4-18-10-9-13(16-18)11-5-7-12(8-6-11)15-14(19)17(2)3/h3-9,12,22H,2,10-11,13H2,1H3,(H,19,20);5-10H,4H2,1-3H3,(H,15,19). The number of carbonyl (C=O) groups excluding carboxylic acids is 1. The Balaban J connectivity index is 0.000000191. The SMILES string of the molecule is CCN(CCO)Cc1ccc(-c2cc3cccnc3[nH]2)cc1.CCn1ccc(-c2ccc(NC(=O)N(C)C)cc2)n1. The summed E-state index contributed by atoms with van der Waals surface area (Å²) in [5.74, 6) is 0. The van der Waals surface area contributed by atoms with Crippen LogP contribution in [0.5, 0.6) is 0 Å². The number of aryl methyl sites for hydroxylation is 1. The van der Waals surface area contributed by atoms with E-state index in [1.807, 2.05) is 47.3 Å². The normalized spacial score (nSPS) is 10.9. The first-order chi connectivity index (χ1) is 19.9. The van der Waals surface area contributed by atoms with Gasteiger partial charge in [-0.15, -0.1) is 0 Å². The predicted octanol–water partition coefficient (Wildman–Crippen LogP) is 5.71. The summed E-state index contributed by atoms with van der Waals surface area (Å²) in [5, 5.41) is 17.4. The molecule has 9 nitrogen and oxygen atoms in total. The molecule has 41 heavy (non-hydrogen) atoms. The second kappa shape index (κ2) is 14.2. The largest absolute Gasteiger partial charge is 0.395 e. The maximum atomic E-state index is 11.5. The number of anilines is 1. The molecule has 0 unspecified atom stereocenters. The lowest BCUT2D eigenvalue weighted by Gasteiger charge is -2.19. The van der Waals surface area contributed by atoms with Crippen molar-refractivity contribution in [1.82, 2.24) is 29.5 Å². The van der Waals surface area contributed by atoms with Crippen molar-refractivity contribution in [3.8, 4) is 22.5 Å². The molecule has 0 aliphatic carbocycles. The Kier molecular flexibility index (Phi) is 10.3. The minimum Gasteiger partial charge on any atom is -0.395 e. The molecule has 2 amide bonds. The molecular formula is C32H39N7O2. The van der Waals surface area contributed by atoms with Crippen molar-refractivity contribution in [2.75, 3.05) is 39.1 Å². The number of aromatic nitrogens is 4. The van der Waals surface area contributed by atoms with E-state index in [4.69, 9.17) is 5.11 Å². The van der Waals surface area contributed by atoms with Crippen LogP contribution in [0.4, 0.5) is 10.5 Å². The Morgan fingerprint density at radius 2 is 1.73 bits per heavy atom. The maximum absolute atomic E-state index is 11.5. The number of hydrogen-bond acceptors (Lipinski definition) is 5. The van der Waals surface area contributed by atoms with E-state index in [2.05, 4.69) is 75.5 Å². The highest BCUT2D eigenvalue weighted by Crippen LogP contribution is 2.23. The van der Waals surface area contributed by atoms with Crippen LogP contribution in [-0.4, -0.2) is 74.5 Å². The Hall–Kier alpha value is -4.47. The monoisotopic (exact) mass is 553 g/mol. The molecule has 0 saturated carbocycles. The number of aliphatic hydroxyl groups is 1. The molecule has 0 bridgehead atoms. The minimum absolute atomic E-state index is 0.136. The highest BCUT2D eigenvalue weighted by molar-refractivity contribution is 5.89. The van der Waals surface area contributed by atoms with Crippen molar-refractivity contribution in [3.05, 3.63) is 90.8 Å². The first kappa shape index (κ1) is 29.5. The maximum Gasteiger partial charge on any atom is 0.321 e. The van der Waals surface area contributed by atoms with Crippen LogP contribution < -0.4 is 5.32 Å². The van der Waals surface area contributed by atoms with Gasteiger partial charge in [-0.05, 0) is 61.0 Å². The molecule has 214 valence electrons. The Bertz CT molecular complexity index is 1490. The Morgan fingerprint density at radius 3 is 2.34 bits per heavy atom. The second-order valence-corrected chi connectivity index (χ2v) is 9.87. The molecule has 3 aromatic heterocycles. The number of rotatable bonds is 9. The Labute approximate surface area is 241 Å². The van der Waals surface area contributed by atoms with Gasteiger partial charge in [-0.3, -0.25) is 9.58 Å². The molecular weight excluding hydrogens is 514 g/mol. The number of H-pyrrole nitrogens is 1. The van der Waals surface area contributed by atoms with Crippen LogP contribution in [0.25, 0.3) is 33.5 Å². The molecule has 0 aliphatic heterocycles. The quantitative estimate of drug-likeness (QED) is 0.217. The average molecular weight is 554 g/mol. The zero-order valence-corrected chi connectivity index (χ0v) is 24.2. The molecule has 0 aliphatic rings. The number of nitrogens with zero attached hydrogens (tertiary/aromatic N) is 5. The van der Waals surface area contributed by atoms with Gasteiger partial charge in [0.25, 0.3) is 0 Å². The first-order valence-electron chi connectivity index (χ1n) is 13.9. The van der Waals surface area contributed by atoms with Crippen LogP contribution in [0.15, 0.2) is 85.2 Å². The fraction of sp³-hybridized carbons (Fsp3) is 0.281. The van der Waals surface area contributed by atoms with E-state index in [9.17, 15) is 4.79 Å². The summed E-state index contributed by atoms with van der Waals surface area (Å²) in [6.07, 6.45) is 3.75. The van der Waals surface area contributed by atoms with Gasteiger partial charge in [0.15, 0.2) is 0 Å². The number of amides is 2. The third-order valence-electron chi connectivity index (χ3n) is 6.73. The number of nitrogens with one attached hydrogen (secondary N) is 2. The molecule has 5 rings (SSSR count). The van der Waals surface area contributed by atoms with E-state index in [0.717, 1.165) is 58.9 Å². The van der Waals surface area contributed by atoms with Gasteiger partial charge < -0.3 is 20.3 Å². The number of carbonyl (C=O) groups is 1. The summed E-state index contributed by atoms with van der Waals surface area (Å²) in [5.41, 5.74) is 7.17. The van der Waals surface area contributed by atoms with Crippen LogP contribution in [0.2, 0.25) is 0 Å². The summed E-state index contributed by atoms with van der Waals surface area (Å²) >= 11 is 0. The van der Waals surface area contributed by atoms with E-state index in [-0.39, 0.29) is 12.6 Å². The summed E-state index contributed by atoms with van der Waals surface area (Å²) < 4.78 is 1.89. The highest BCUT2D eigenvalue weighted by Gasteiger charge is 2.07. The molecule has 0 radical (unpaired) electrons. The van der Waals surface area contributed by atoms with Gasteiger partial charge in [-0.1, -0.05) is 43.3 Å². The zero-order chi connectivity index (χ0) is 29.2. The van der Waals surface area contributed by atoms with E-state index < -0.39 is 0 Å². The summed E-state index contributed by atoms with van der Waals surface area (Å²) in [7, 11) is 3.42. The van der Waals surface area contributed by atoms with Crippen molar-refractivity contribution in [3.63, 3.8) is 0 Å². The number of likely N-dealkylation sites (N-methyl/N-ethyl adjacent to an activating group) is 1. The smallest absolute Gasteiger partial charge is 0.321 e. The van der Waals surface area contributed by atoms with Gasteiger partial charge in [-0.25, -0.2) is 9.78 Å². The average Bonchev–Trinajstić information content (AvgIpc) is 3.66. The van der Waals surface area contributed by atoms with Gasteiger partial charge in [0, 0.05) is 68.5 Å². The Morgan fingerprint density at radius 1 is 1.00 bits per heavy atom. The summed E-state index contributed by atoms with van der Waals surface area (Å²) in [4.78, 5) is 22.9. The number of aliphatic hydroxyl groups excluding tert-OH is 1. The highest BCUT2D eigenvalue weighted by atomic mass is 16.3. The van der Waals surface area contributed by atoms with Crippen LogP contribution in [0, 0.1) is 0 Å². The minimum atomic E-state index is -0.136. The van der Waals surface area contributed by atoms with Crippen LogP contribution in [-0.2, 0) is 13.1 Å². The van der Waals surface area contributed by atoms with E-state index in [1.165, 1.54) is 10.5 Å². The van der Waals surface area contributed by atoms with Crippen LogP contribution in [0.1, 0.15) is 19.4 Å². The number of pyridine rings is 1. The van der Waals surface area contributed by atoms with Crippen molar-refractivity contribution < 1.29 is 9.90 Å². The molecule has 0 atom stereocenters. The fourth-order valence-electron chi connectivity index (χ4n) is 4.30. The van der Waals surface area contributed by atoms with Crippen molar-refractivity contribution in [1.29, 1.82) is 0 Å². The molecule has 0 saturated heterocycles. The second-order valence-electron chi connectivity index (χ2n) is 9.87. The first-order valence-corrected chi connectivity index (χ1v) is 13.9. The number of benzene rings is 2. The predicted molar refractivity (Wildman–Crippen MR) is 166 cm³/mol. The van der Waals surface area contributed by atoms with Gasteiger partial charge >= 0.3 is 6.03 Å². The molecule has 2 aromatic carbocycles. The molecule has 0 fully saturated rings. The van der Waals surface area contributed by atoms with Crippen LogP contribution in [0.3, 0.4) is 0 Å². The van der Waals surface area contributed by atoms with Crippen LogP contribution >= 0.6 is 0 Å². The van der Waals surface area contributed by atoms with Gasteiger partial charge in [0.2, 0.25) is 0 Å². The van der Waals surface area contributed by atoms with Crippen molar-refractivity contribution in [2.24, 2.45) is 0 Å². The summed E-state index contributed by atoms with van der Waals surface area (Å²) in [6, 6.07) is 24.2. The number of aromatic amines is 1. The molecule has 0 spiro atoms. The van der Waals surface area contributed by atoms with Gasteiger partial charge in [-0.2, -0.15) is 5.10 Å². The molecule has 9 heteroatoms.